The van der Waals surface area contributed by atoms with Crippen LogP contribution in [0.4, 0.5) is 0 Å². The maximum absolute atomic E-state index is 11.5. The minimum atomic E-state index is -0.245. The molecule has 1 aromatic rings. The molecule has 1 amide bonds. The summed E-state index contributed by atoms with van der Waals surface area (Å²) in [7, 11) is 0. The zero-order valence-electron chi connectivity index (χ0n) is 9.52. The zero-order valence-corrected chi connectivity index (χ0v) is 11.1. The molecule has 0 radical (unpaired) electrons. The molecule has 1 rings (SSSR count). The Balaban J connectivity index is 2.56. The number of aliphatic hydroxyl groups excluding tert-OH is 1. The van der Waals surface area contributed by atoms with Gasteiger partial charge in [0.15, 0.2) is 0 Å². The monoisotopic (exact) mass is 302 g/mol. The Morgan fingerprint density at radius 2 is 2.29 bits per heavy atom. The SMILES string of the molecule is CC(CO)CNC(=O)Cn1cc(Br)ccc1=O. The lowest BCUT2D eigenvalue weighted by molar-refractivity contribution is -0.121. The molecule has 0 aromatic carbocycles. The first-order chi connectivity index (χ1) is 8.02. The molecule has 0 saturated heterocycles. The second-order valence-corrected chi connectivity index (χ2v) is 4.82. The maximum atomic E-state index is 11.5. The lowest BCUT2D eigenvalue weighted by Gasteiger charge is -2.10. The number of rotatable bonds is 5. The summed E-state index contributed by atoms with van der Waals surface area (Å²) < 4.78 is 2.07. The van der Waals surface area contributed by atoms with Crippen molar-refractivity contribution in [1.82, 2.24) is 9.88 Å². The highest BCUT2D eigenvalue weighted by Crippen LogP contribution is 2.04. The Morgan fingerprint density at radius 3 is 2.94 bits per heavy atom. The van der Waals surface area contributed by atoms with Crippen molar-refractivity contribution in [3.8, 4) is 0 Å². The molecule has 2 N–H and O–H groups in total. The number of halogens is 1. The first kappa shape index (κ1) is 13.9. The van der Waals surface area contributed by atoms with Crippen molar-refractivity contribution in [3.05, 3.63) is 33.2 Å². The number of aliphatic hydroxyl groups is 1. The van der Waals surface area contributed by atoms with Crippen molar-refractivity contribution in [2.24, 2.45) is 5.92 Å². The smallest absolute Gasteiger partial charge is 0.251 e. The van der Waals surface area contributed by atoms with Crippen LogP contribution in [0.5, 0.6) is 0 Å². The van der Waals surface area contributed by atoms with Gasteiger partial charge in [-0.3, -0.25) is 9.59 Å². The fraction of sp³-hybridized carbons (Fsp3) is 0.455. The van der Waals surface area contributed by atoms with E-state index in [0.717, 1.165) is 4.47 Å². The molecule has 0 aliphatic heterocycles. The fourth-order valence-corrected chi connectivity index (χ4v) is 1.57. The van der Waals surface area contributed by atoms with E-state index in [4.69, 9.17) is 5.11 Å². The first-order valence-electron chi connectivity index (χ1n) is 5.26. The molecule has 0 aliphatic carbocycles. The standard InChI is InChI=1S/C11H15BrN2O3/c1-8(7-15)4-13-10(16)6-14-5-9(12)2-3-11(14)17/h2-3,5,8,15H,4,6-7H2,1H3,(H,13,16). The van der Waals surface area contributed by atoms with E-state index in [9.17, 15) is 9.59 Å². The minimum absolute atomic E-state index is 0.0122. The summed E-state index contributed by atoms with van der Waals surface area (Å²) in [5.41, 5.74) is -0.224. The number of hydrogen-bond acceptors (Lipinski definition) is 3. The van der Waals surface area contributed by atoms with E-state index in [1.165, 1.54) is 10.6 Å². The van der Waals surface area contributed by atoms with Gasteiger partial charge in [0.2, 0.25) is 5.91 Å². The predicted molar refractivity (Wildman–Crippen MR) is 67.7 cm³/mol. The molecular weight excluding hydrogens is 288 g/mol. The molecule has 1 unspecified atom stereocenters. The van der Waals surface area contributed by atoms with E-state index in [1.54, 1.807) is 12.3 Å². The molecule has 94 valence electrons. The summed E-state index contributed by atoms with van der Waals surface area (Å²) in [4.78, 5) is 23.0. The number of aromatic nitrogens is 1. The van der Waals surface area contributed by atoms with Crippen LogP contribution in [0.2, 0.25) is 0 Å². The average molecular weight is 303 g/mol. The van der Waals surface area contributed by atoms with Crippen LogP contribution in [-0.4, -0.2) is 28.7 Å². The van der Waals surface area contributed by atoms with Crippen LogP contribution in [0.3, 0.4) is 0 Å². The fourth-order valence-electron chi connectivity index (χ4n) is 1.19. The maximum Gasteiger partial charge on any atom is 0.251 e. The summed E-state index contributed by atoms with van der Waals surface area (Å²) in [6, 6.07) is 3.03. The summed E-state index contributed by atoms with van der Waals surface area (Å²) in [6.07, 6.45) is 1.57. The van der Waals surface area contributed by atoms with Crippen molar-refractivity contribution in [1.29, 1.82) is 0 Å². The van der Waals surface area contributed by atoms with Gasteiger partial charge in [0, 0.05) is 29.9 Å². The van der Waals surface area contributed by atoms with E-state index < -0.39 is 0 Å². The van der Waals surface area contributed by atoms with Crippen molar-refractivity contribution in [3.63, 3.8) is 0 Å². The molecule has 0 fully saturated rings. The first-order valence-corrected chi connectivity index (χ1v) is 6.05. The van der Waals surface area contributed by atoms with E-state index in [1.807, 2.05) is 6.92 Å². The Bertz CT molecular complexity index is 445. The molecule has 1 atom stereocenters. The summed E-state index contributed by atoms with van der Waals surface area (Å²) >= 11 is 3.24. The number of nitrogens with zero attached hydrogens (tertiary/aromatic N) is 1. The van der Waals surface area contributed by atoms with Crippen molar-refractivity contribution in [2.75, 3.05) is 13.2 Å². The van der Waals surface area contributed by atoms with Gasteiger partial charge >= 0.3 is 0 Å². The van der Waals surface area contributed by atoms with Crippen LogP contribution in [0.15, 0.2) is 27.6 Å². The van der Waals surface area contributed by atoms with E-state index in [-0.39, 0.29) is 30.5 Å². The van der Waals surface area contributed by atoms with E-state index in [2.05, 4.69) is 21.2 Å². The highest BCUT2D eigenvalue weighted by Gasteiger charge is 2.06. The molecule has 0 saturated carbocycles. The highest BCUT2D eigenvalue weighted by atomic mass is 79.9. The number of hydrogen-bond donors (Lipinski definition) is 2. The van der Waals surface area contributed by atoms with Gasteiger partial charge in [-0.1, -0.05) is 6.92 Å². The molecule has 1 heterocycles. The van der Waals surface area contributed by atoms with Crippen molar-refractivity contribution >= 4 is 21.8 Å². The molecule has 6 heteroatoms. The zero-order chi connectivity index (χ0) is 12.8. The van der Waals surface area contributed by atoms with Gasteiger partial charge in [-0.15, -0.1) is 0 Å². The van der Waals surface area contributed by atoms with Gasteiger partial charge in [0.05, 0.1) is 0 Å². The molecular formula is C11H15BrN2O3. The van der Waals surface area contributed by atoms with Gasteiger partial charge in [-0.2, -0.15) is 0 Å². The summed E-state index contributed by atoms with van der Waals surface area (Å²) in [6.45, 7) is 2.23. The van der Waals surface area contributed by atoms with Gasteiger partial charge in [-0.25, -0.2) is 0 Å². The molecule has 0 spiro atoms. The Hall–Kier alpha value is -1.14. The number of nitrogens with one attached hydrogen (secondary N) is 1. The van der Waals surface area contributed by atoms with Crippen LogP contribution in [0.25, 0.3) is 0 Å². The Morgan fingerprint density at radius 1 is 1.59 bits per heavy atom. The average Bonchev–Trinajstić information content (AvgIpc) is 2.30. The number of amides is 1. The second-order valence-electron chi connectivity index (χ2n) is 3.91. The van der Waals surface area contributed by atoms with Crippen LogP contribution in [0, 0.1) is 5.92 Å². The van der Waals surface area contributed by atoms with Crippen molar-refractivity contribution in [2.45, 2.75) is 13.5 Å². The van der Waals surface area contributed by atoms with Gasteiger partial charge < -0.3 is 15.0 Å². The topological polar surface area (TPSA) is 71.3 Å². The molecule has 0 bridgehead atoms. The largest absolute Gasteiger partial charge is 0.396 e. The van der Waals surface area contributed by atoms with Gasteiger partial charge in [-0.05, 0) is 27.9 Å². The Labute approximate surface area is 108 Å². The quantitative estimate of drug-likeness (QED) is 0.825. The van der Waals surface area contributed by atoms with Gasteiger partial charge in [0.25, 0.3) is 5.56 Å². The summed E-state index contributed by atoms with van der Waals surface area (Å²) in [5, 5.41) is 11.5. The molecule has 5 nitrogen and oxygen atoms in total. The number of carbonyl (C=O) groups is 1. The van der Waals surface area contributed by atoms with Crippen LogP contribution in [0.1, 0.15) is 6.92 Å². The number of carbonyl (C=O) groups excluding carboxylic acids is 1. The molecule has 1 aromatic heterocycles. The number of pyridine rings is 1. The third-order valence-corrected chi connectivity index (χ3v) is 2.69. The molecule has 0 aliphatic rings. The van der Waals surface area contributed by atoms with Crippen LogP contribution >= 0.6 is 15.9 Å². The van der Waals surface area contributed by atoms with Crippen LogP contribution < -0.4 is 10.9 Å². The third-order valence-electron chi connectivity index (χ3n) is 2.22. The normalized spacial score (nSPS) is 12.2. The van der Waals surface area contributed by atoms with Crippen molar-refractivity contribution < 1.29 is 9.90 Å². The third kappa shape index (κ3) is 4.70. The van der Waals surface area contributed by atoms with Crippen LogP contribution in [-0.2, 0) is 11.3 Å². The lowest BCUT2D eigenvalue weighted by Crippen LogP contribution is -2.34. The predicted octanol–water partition coefficient (Wildman–Crippen LogP) is 0.355. The van der Waals surface area contributed by atoms with E-state index in [0.29, 0.717) is 6.54 Å². The summed E-state index contributed by atoms with van der Waals surface area (Å²) in [5.74, 6) is -0.233. The minimum Gasteiger partial charge on any atom is -0.396 e. The lowest BCUT2D eigenvalue weighted by atomic mass is 10.2. The second kappa shape index (κ2) is 6.56. The van der Waals surface area contributed by atoms with Gasteiger partial charge in [0.1, 0.15) is 6.54 Å². The Kier molecular flexibility index (Phi) is 5.37. The van der Waals surface area contributed by atoms with E-state index >= 15 is 0 Å². The highest BCUT2D eigenvalue weighted by molar-refractivity contribution is 9.10. The molecule has 17 heavy (non-hydrogen) atoms.